The molecule has 10 heteroatoms. The van der Waals surface area contributed by atoms with Crippen LogP contribution in [0.4, 0.5) is 28.4 Å². The molecule has 1 atom stereocenters. The Bertz CT molecular complexity index is 6440. The van der Waals surface area contributed by atoms with Crippen molar-refractivity contribution in [3.05, 3.63) is 392 Å². The second-order valence-electron chi connectivity index (χ2n) is 27.3. The Balaban J connectivity index is 0.000000143. The fourth-order valence-electron chi connectivity index (χ4n) is 15.9. The molecule has 14 aromatic carbocycles. The maximum Gasteiger partial charge on any atom is 0.164 e. The van der Waals surface area contributed by atoms with Gasteiger partial charge < -0.3 is 18.9 Å². The van der Waals surface area contributed by atoms with Gasteiger partial charge in [0.15, 0.2) is 34.9 Å². The lowest BCUT2D eigenvalue weighted by atomic mass is 9.85. The van der Waals surface area contributed by atoms with Crippen molar-refractivity contribution in [1.82, 2.24) is 39.0 Å². The number of nitrogens with zero attached hydrogens (tertiary/aromatic N) is 10. The maximum atomic E-state index is 5.02. The van der Waals surface area contributed by atoms with Gasteiger partial charge in [0.2, 0.25) is 0 Å². The zero-order valence-corrected chi connectivity index (χ0v) is 58.6. The van der Waals surface area contributed by atoms with Crippen LogP contribution in [0, 0.1) is 0 Å². The van der Waals surface area contributed by atoms with E-state index >= 15 is 0 Å². The third-order valence-corrected chi connectivity index (χ3v) is 20.9. The van der Waals surface area contributed by atoms with Gasteiger partial charge >= 0.3 is 0 Å². The molecule has 0 spiro atoms. The van der Waals surface area contributed by atoms with Crippen molar-refractivity contribution in [3.8, 4) is 90.8 Å². The molecule has 0 saturated carbocycles. The first-order chi connectivity index (χ1) is 53.6. The molecule has 10 nitrogen and oxygen atoms in total. The summed E-state index contributed by atoms with van der Waals surface area (Å²) in [6, 6.07) is 124. The van der Waals surface area contributed by atoms with E-state index in [0.717, 1.165) is 90.7 Å². The Morgan fingerprint density at radius 3 is 1.17 bits per heavy atom. The molecular formula is C98H66N10. The van der Waals surface area contributed by atoms with Gasteiger partial charge in [-0.05, 0) is 144 Å². The Hall–Kier alpha value is -14.5. The van der Waals surface area contributed by atoms with Crippen LogP contribution in [0.15, 0.2) is 376 Å². The number of rotatable bonds is 10. The predicted octanol–water partition coefficient (Wildman–Crippen LogP) is 24.6. The maximum absolute atomic E-state index is 5.02. The summed E-state index contributed by atoms with van der Waals surface area (Å²) in [5.41, 5.74) is 25.6. The normalized spacial score (nSPS) is 13.4. The summed E-state index contributed by atoms with van der Waals surface area (Å²) in [6.07, 6.45) is 12.2. The number of anilines is 5. The van der Waals surface area contributed by atoms with Gasteiger partial charge in [0.25, 0.3) is 0 Å². The predicted molar refractivity (Wildman–Crippen MR) is 443 cm³/mol. The summed E-state index contributed by atoms with van der Waals surface area (Å²) in [6.45, 7) is 0. The molecule has 0 bridgehead atoms. The summed E-state index contributed by atoms with van der Waals surface area (Å²) in [5.74, 6) is 4.06. The summed E-state index contributed by atoms with van der Waals surface area (Å²) < 4.78 is 4.78. The molecule has 1 unspecified atom stereocenters. The lowest BCUT2D eigenvalue weighted by Crippen LogP contribution is -2.21. The first-order valence-corrected chi connectivity index (χ1v) is 36.6. The molecule has 0 saturated heterocycles. The minimum atomic E-state index is 0.195. The second kappa shape index (κ2) is 27.0. The highest BCUT2D eigenvalue weighted by Gasteiger charge is 2.34. The van der Waals surface area contributed by atoms with E-state index in [1.165, 1.54) is 66.0 Å². The number of allylic oxidation sites excluding steroid dienone is 4. The van der Waals surface area contributed by atoms with Crippen molar-refractivity contribution >= 4 is 84.2 Å². The first-order valence-electron chi connectivity index (χ1n) is 36.6. The minimum Gasteiger partial charge on any atom is -0.313 e. The Morgan fingerprint density at radius 1 is 0.259 bits per heavy atom. The molecule has 6 heterocycles. The van der Waals surface area contributed by atoms with Crippen molar-refractivity contribution in [2.45, 2.75) is 12.3 Å². The van der Waals surface area contributed by atoms with Crippen molar-refractivity contribution in [1.29, 1.82) is 0 Å². The second-order valence-corrected chi connectivity index (χ2v) is 27.3. The molecule has 0 amide bonds. The van der Waals surface area contributed by atoms with Crippen LogP contribution < -0.4 is 9.80 Å². The van der Waals surface area contributed by atoms with E-state index in [1.54, 1.807) is 0 Å². The summed E-state index contributed by atoms with van der Waals surface area (Å²) in [7, 11) is 0. The SMILES string of the molecule is C1=CCC2C(=C1)N(c1ccc(-c3nc(-c4ccccc4)nc(-c4ccccc4)n3)cc1)c1cc3c(cc1-c1ccccc12)c1ccccc1n3-c1ccccc1.C1=Cc2cc3c(cc2N(c2ccc(-c4nc(-c5ccccc5)nc(-c5ccccc5)n4)cc2)c2ccccc21)c1ccccc1n3-c1ccccc1. The lowest BCUT2D eigenvalue weighted by molar-refractivity contribution is 0.781. The Kier molecular flexibility index (Phi) is 15.8. The molecule has 21 rings (SSSR count). The van der Waals surface area contributed by atoms with Crippen molar-refractivity contribution < 1.29 is 0 Å². The van der Waals surface area contributed by atoms with Gasteiger partial charge in [0, 0.05) is 100 Å². The van der Waals surface area contributed by atoms with E-state index in [9.17, 15) is 0 Å². The van der Waals surface area contributed by atoms with Gasteiger partial charge in [-0.25, -0.2) is 29.9 Å². The van der Waals surface area contributed by atoms with Gasteiger partial charge in [0.05, 0.1) is 39.1 Å². The van der Waals surface area contributed by atoms with Crippen molar-refractivity contribution in [2.24, 2.45) is 0 Å². The Morgan fingerprint density at radius 2 is 0.657 bits per heavy atom. The highest BCUT2D eigenvalue weighted by molar-refractivity contribution is 6.14. The Labute approximate surface area is 624 Å². The quantitative estimate of drug-likeness (QED) is 0.134. The number of benzene rings is 14. The largest absolute Gasteiger partial charge is 0.313 e. The standard InChI is InChI=1S/C51H35N5.C47H31N5/c1-4-16-34(17-5-1)49-52-50(35-18-6-2-7-19-35)54-51(53-49)36-28-30-38(31-29-36)56-45-26-14-12-24-41(45)39-22-10-11-23-40(39)43-32-44-42-25-13-15-27-46(42)55(48(44)33-47(43)56)37-20-8-3-9-21-37;1-4-15-33(16-5-1)45-48-46(34-17-6-2-7-18-34)50-47(49-45)35-26-28-38(29-27-35)51-41-22-12-10-14-32(41)24-25-36-30-44-40(31-43(36)51)39-21-11-13-23-42(39)52(44)37-19-8-3-9-20-37/h1-23,25-33,41H,24H2;1-31H. The average Bonchev–Trinajstić information content (AvgIpc) is 1.57. The molecule has 0 fully saturated rings. The van der Waals surface area contributed by atoms with E-state index in [1.807, 2.05) is 121 Å². The summed E-state index contributed by atoms with van der Waals surface area (Å²) >= 11 is 0. The molecule has 108 heavy (non-hydrogen) atoms. The van der Waals surface area contributed by atoms with E-state index in [0.29, 0.717) is 34.9 Å². The monoisotopic (exact) mass is 1380 g/mol. The number of aromatic nitrogens is 8. The number of fused-ring (bicyclic) bond motifs is 13. The van der Waals surface area contributed by atoms with E-state index < -0.39 is 0 Å². The zero-order valence-electron chi connectivity index (χ0n) is 58.6. The minimum absolute atomic E-state index is 0.195. The molecule has 4 aromatic heterocycles. The van der Waals surface area contributed by atoms with Gasteiger partial charge in [-0.3, -0.25) is 0 Å². The van der Waals surface area contributed by atoms with Crippen LogP contribution >= 0.6 is 0 Å². The van der Waals surface area contributed by atoms with Crippen LogP contribution in [-0.4, -0.2) is 39.0 Å². The van der Waals surface area contributed by atoms with Crippen LogP contribution in [0.25, 0.3) is 147 Å². The molecule has 0 radical (unpaired) electrons. The van der Waals surface area contributed by atoms with Crippen LogP contribution in [-0.2, 0) is 0 Å². The third-order valence-electron chi connectivity index (χ3n) is 20.9. The number of hydrogen-bond acceptors (Lipinski definition) is 8. The fourth-order valence-corrected chi connectivity index (χ4v) is 15.9. The highest BCUT2D eigenvalue weighted by atomic mass is 15.2. The molecule has 1 aliphatic carbocycles. The van der Waals surface area contributed by atoms with Crippen LogP contribution in [0.5, 0.6) is 0 Å². The van der Waals surface area contributed by atoms with E-state index in [4.69, 9.17) is 29.9 Å². The van der Waals surface area contributed by atoms with E-state index in [2.05, 4.69) is 280 Å². The molecule has 508 valence electrons. The van der Waals surface area contributed by atoms with Gasteiger partial charge in [-0.1, -0.05) is 261 Å². The molecule has 0 N–H and O–H groups in total. The van der Waals surface area contributed by atoms with Crippen LogP contribution in [0.2, 0.25) is 0 Å². The highest BCUT2D eigenvalue weighted by Crippen LogP contribution is 2.53. The first kappa shape index (κ1) is 63.2. The smallest absolute Gasteiger partial charge is 0.164 e. The number of para-hydroxylation sites is 5. The molecule has 18 aromatic rings. The summed E-state index contributed by atoms with van der Waals surface area (Å²) in [4.78, 5) is 34.6. The fraction of sp³-hybridized carbons (Fsp3) is 0.0204. The van der Waals surface area contributed by atoms with Gasteiger partial charge in [-0.15, -0.1) is 0 Å². The van der Waals surface area contributed by atoms with Crippen LogP contribution in [0.1, 0.15) is 29.0 Å². The zero-order chi connectivity index (χ0) is 71.4. The van der Waals surface area contributed by atoms with E-state index in [-0.39, 0.29) is 5.92 Å². The van der Waals surface area contributed by atoms with Crippen molar-refractivity contribution in [3.63, 3.8) is 0 Å². The van der Waals surface area contributed by atoms with Crippen LogP contribution in [0.3, 0.4) is 0 Å². The topological polar surface area (TPSA) is 93.7 Å². The molecular weight excluding hydrogens is 1320 g/mol. The summed E-state index contributed by atoms with van der Waals surface area (Å²) in [5, 5.41) is 4.91. The molecule has 3 aliphatic rings. The number of hydrogen-bond donors (Lipinski definition) is 0. The van der Waals surface area contributed by atoms with Gasteiger partial charge in [-0.2, -0.15) is 0 Å². The van der Waals surface area contributed by atoms with Crippen molar-refractivity contribution in [2.75, 3.05) is 9.80 Å². The average molecular weight is 1380 g/mol. The molecule has 2 aliphatic heterocycles. The van der Waals surface area contributed by atoms with Gasteiger partial charge in [0.1, 0.15) is 0 Å². The lowest BCUT2D eigenvalue weighted by Gasteiger charge is -2.32. The third kappa shape index (κ3) is 11.3.